The molecule has 1 amide bonds. The van der Waals surface area contributed by atoms with Gasteiger partial charge in [-0.15, -0.1) is 0 Å². The summed E-state index contributed by atoms with van der Waals surface area (Å²) < 4.78 is 1.72. The Morgan fingerprint density at radius 2 is 1.77 bits per heavy atom. The van der Waals surface area contributed by atoms with Crippen molar-refractivity contribution in [1.82, 2.24) is 24.7 Å². The molecule has 2 aromatic carbocycles. The molecule has 2 heterocycles. The summed E-state index contributed by atoms with van der Waals surface area (Å²) in [5.74, 6) is -0.149. The Labute approximate surface area is 186 Å². The van der Waals surface area contributed by atoms with E-state index in [2.05, 4.69) is 44.4 Å². The number of nitrogens with one attached hydrogen (secondary N) is 2. The molecule has 8 heteroatoms. The number of hydrogen-bond acceptors (Lipinski definition) is 5. The van der Waals surface area contributed by atoms with Gasteiger partial charge in [-0.2, -0.15) is 0 Å². The van der Waals surface area contributed by atoms with Gasteiger partial charge >= 0.3 is 0 Å². The first-order valence-electron chi connectivity index (χ1n) is 10.5. The van der Waals surface area contributed by atoms with Crippen molar-refractivity contribution in [3.63, 3.8) is 0 Å². The number of hydrogen-bond donors (Lipinski definition) is 2. The summed E-state index contributed by atoms with van der Waals surface area (Å²) in [5, 5.41) is 3.50. The lowest BCUT2D eigenvalue weighted by molar-refractivity contribution is 0.0934. The van der Waals surface area contributed by atoms with Crippen LogP contribution in [-0.2, 0) is 13.6 Å². The first-order chi connectivity index (χ1) is 15.0. The predicted molar refractivity (Wildman–Crippen MR) is 125 cm³/mol. The smallest absolute Gasteiger partial charge is 0.261 e. The van der Waals surface area contributed by atoms with Crippen molar-refractivity contribution in [2.24, 2.45) is 7.05 Å². The lowest BCUT2D eigenvalue weighted by Gasteiger charge is -2.34. The van der Waals surface area contributed by atoms with Gasteiger partial charge in [-0.3, -0.25) is 24.0 Å². The molecule has 162 valence electrons. The number of rotatable bonds is 6. The number of aromatic nitrogens is 2. The van der Waals surface area contributed by atoms with Crippen molar-refractivity contribution in [1.29, 1.82) is 0 Å². The number of benzene rings is 2. The van der Waals surface area contributed by atoms with Crippen LogP contribution in [0.4, 0.5) is 0 Å². The highest BCUT2D eigenvalue weighted by Gasteiger charge is 2.17. The van der Waals surface area contributed by atoms with E-state index < -0.39 is 0 Å². The normalized spacial score (nSPS) is 15.3. The molecule has 1 aliphatic rings. The predicted octanol–water partition coefficient (Wildman–Crippen LogP) is 2.14. The van der Waals surface area contributed by atoms with Crippen LogP contribution in [0.15, 0.2) is 53.3 Å². The van der Waals surface area contributed by atoms with E-state index in [1.807, 2.05) is 6.07 Å². The molecule has 31 heavy (non-hydrogen) atoms. The average molecular weight is 438 g/mol. The van der Waals surface area contributed by atoms with Gasteiger partial charge in [-0.1, -0.05) is 30.3 Å². The van der Waals surface area contributed by atoms with Gasteiger partial charge in [0.2, 0.25) is 0 Å². The molecule has 0 spiro atoms. The molecule has 4 rings (SSSR count). The third-order valence-electron chi connectivity index (χ3n) is 5.79. The molecule has 1 aliphatic heterocycles. The lowest BCUT2D eigenvalue weighted by atomic mass is 10.1. The van der Waals surface area contributed by atoms with E-state index in [1.165, 1.54) is 10.1 Å². The fourth-order valence-corrected chi connectivity index (χ4v) is 4.08. The minimum absolute atomic E-state index is 0.149. The number of nitrogens with zero attached hydrogens (tertiary/aromatic N) is 3. The van der Waals surface area contributed by atoms with Gasteiger partial charge < -0.3 is 10.3 Å². The average Bonchev–Trinajstić information content (AvgIpc) is 2.79. The molecule has 1 saturated heterocycles. The van der Waals surface area contributed by atoms with Crippen molar-refractivity contribution in [3.05, 3.63) is 74.8 Å². The third-order valence-corrected chi connectivity index (χ3v) is 6.17. The summed E-state index contributed by atoms with van der Waals surface area (Å²) in [6.07, 6.45) is 0. The Kier molecular flexibility index (Phi) is 6.60. The highest BCUT2D eigenvalue weighted by Crippen LogP contribution is 2.11. The van der Waals surface area contributed by atoms with E-state index in [4.69, 9.17) is 12.2 Å². The number of amides is 1. The highest BCUT2D eigenvalue weighted by atomic mass is 32.1. The summed E-state index contributed by atoms with van der Waals surface area (Å²) in [5.41, 5.74) is 2.27. The fraction of sp³-hybridized carbons (Fsp3) is 0.348. The highest BCUT2D eigenvalue weighted by molar-refractivity contribution is 7.71. The molecule has 0 bridgehead atoms. The molecule has 1 aromatic heterocycles. The monoisotopic (exact) mass is 437 g/mol. The number of aromatic amines is 1. The third kappa shape index (κ3) is 5.10. The van der Waals surface area contributed by atoms with Crippen LogP contribution in [-0.4, -0.2) is 64.5 Å². The second-order valence-corrected chi connectivity index (χ2v) is 8.30. The number of fused-ring (bicyclic) bond motifs is 1. The van der Waals surface area contributed by atoms with Crippen molar-refractivity contribution in [2.75, 3.05) is 39.3 Å². The SMILES string of the molecule is Cn1c(=S)[nH]c2cc(C(=O)NCCN3CCN(Cc4ccccc4)CC3)ccc2c1=O. The van der Waals surface area contributed by atoms with Gasteiger partial charge in [0.1, 0.15) is 0 Å². The number of carbonyl (C=O) groups excluding carboxylic acids is 1. The Hall–Kier alpha value is -2.81. The van der Waals surface area contributed by atoms with Crippen LogP contribution in [0.5, 0.6) is 0 Å². The number of piperazine rings is 1. The van der Waals surface area contributed by atoms with Crippen molar-refractivity contribution < 1.29 is 4.79 Å². The number of carbonyl (C=O) groups is 1. The fourth-order valence-electron chi connectivity index (χ4n) is 3.89. The summed E-state index contributed by atoms with van der Waals surface area (Å²) in [6, 6.07) is 15.6. The number of H-pyrrole nitrogens is 1. The van der Waals surface area contributed by atoms with Crippen molar-refractivity contribution in [3.8, 4) is 0 Å². The second-order valence-electron chi connectivity index (χ2n) is 7.91. The summed E-state index contributed by atoms with van der Waals surface area (Å²) in [7, 11) is 1.63. The summed E-state index contributed by atoms with van der Waals surface area (Å²) >= 11 is 5.16. The molecule has 7 nitrogen and oxygen atoms in total. The summed E-state index contributed by atoms with van der Waals surface area (Å²) in [4.78, 5) is 32.7. The van der Waals surface area contributed by atoms with Crippen LogP contribution in [0.25, 0.3) is 10.9 Å². The van der Waals surface area contributed by atoms with E-state index in [0.29, 0.717) is 27.8 Å². The molecular formula is C23H27N5O2S. The Balaban J connectivity index is 1.26. The van der Waals surface area contributed by atoms with Gasteiger partial charge in [0.25, 0.3) is 11.5 Å². The molecule has 2 N–H and O–H groups in total. The molecule has 1 fully saturated rings. The van der Waals surface area contributed by atoms with Crippen LogP contribution in [0, 0.1) is 4.77 Å². The Morgan fingerprint density at radius 3 is 2.52 bits per heavy atom. The Morgan fingerprint density at radius 1 is 1.06 bits per heavy atom. The van der Waals surface area contributed by atoms with E-state index >= 15 is 0 Å². The van der Waals surface area contributed by atoms with Crippen LogP contribution in [0.2, 0.25) is 0 Å². The van der Waals surface area contributed by atoms with E-state index in [9.17, 15) is 9.59 Å². The van der Waals surface area contributed by atoms with Crippen molar-refractivity contribution >= 4 is 29.0 Å². The standard InChI is InChI=1S/C23H27N5O2S/c1-26-22(30)19-8-7-18(15-20(19)25-23(26)31)21(29)24-9-10-27-11-13-28(14-12-27)16-17-5-3-2-4-6-17/h2-8,15H,9-14,16H2,1H3,(H,24,29)(H,25,31). The maximum absolute atomic E-state index is 12.6. The van der Waals surface area contributed by atoms with Gasteiger partial charge in [0, 0.05) is 58.4 Å². The van der Waals surface area contributed by atoms with Gasteiger partial charge in [0.05, 0.1) is 10.9 Å². The zero-order valence-corrected chi connectivity index (χ0v) is 18.5. The van der Waals surface area contributed by atoms with Gasteiger partial charge in [0.15, 0.2) is 4.77 Å². The molecule has 0 aliphatic carbocycles. The molecule has 0 radical (unpaired) electrons. The molecule has 0 saturated carbocycles. The van der Waals surface area contributed by atoms with Crippen molar-refractivity contribution in [2.45, 2.75) is 6.54 Å². The van der Waals surface area contributed by atoms with E-state index in [0.717, 1.165) is 39.3 Å². The lowest BCUT2D eigenvalue weighted by Crippen LogP contribution is -2.48. The minimum atomic E-state index is -0.169. The maximum atomic E-state index is 12.6. The van der Waals surface area contributed by atoms with Gasteiger partial charge in [-0.25, -0.2) is 0 Å². The van der Waals surface area contributed by atoms with E-state index in [-0.39, 0.29) is 11.5 Å². The topological polar surface area (TPSA) is 73.4 Å². The maximum Gasteiger partial charge on any atom is 0.261 e. The molecule has 3 aromatic rings. The molecule has 0 atom stereocenters. The first kappa shape index (κ1) is 21.4. The van der Waals surface area contributed by atoms with Crippen LogP contribution < -0.4 is 10.9 Å². The second kappa shape index (κ2) is 9.55. The molecule has 0 unspecified atom stereocenters. The summed E-state index contributed by atoms with van der Waals surface area (Å²) in [6.45, 7) is 6.45. The first-order valence-corrected chi connectivity index (χ1v) is 10.9. The largest absolute Gasteiger partial charge is 0.351 e. The minimum Gasteiger partial charge on any atom is -0.351 e. The van der Waals surface area contributed by atoms with Crippen LogP contribution in [0.1, 0.15) is 15.9 Å². The zero-order valence-electron chi connectivity index (χ0n) is 17.6. The van der Waals surface area contributed by atoms with E-state index in [1.54, 1.807) is 25.2 Å². The van der Waals surface area contributed by atoms with Crippen LogP contribution >= 0.6 is 12.2 Å². The quantitative estimate of drug-likeness (QED) is 0.578. The zero-order chi connectivity index (χ0) is 21.8. The Bertz CT molecular complexity index is 1180. The van der Waals surface area contributed by atoms with Crippen LogP contribution in [0.3, 0.4) is 0 Å². The van der Waals surface area contributed by atoms with Gasteiger partial charge in [-0.05, 0) is 36.0 Å². The molecular weight excluding hydrogens is 410 g/mol.